The Labute approximate surface area is 168 Å². The summed E-state index contributed by atoms with van der Waals surface area (Å²) < 4.78 is 0. The molecule has 1 unspecified atom stereocenters. The van der Waals surface area contributed by atoms with Crippen LogP contribution in [0, 0.1) is 5.92 Å². The first-order valence-corrected chi connectivity index (χ1v) is 9.71. The molecule has 1 N–H and O–H groups in total. The van der Waals surface area contributed by atoms with Crippen molar-refractivity contribution in [1.82, 2.24) is 10.2 Å². The molecule has 0 aliphatic carbocycles. The molecule has 1 fully saturated rings. The van der Waals surface area contributed by atoms with Crippen LogP contribution in [0.4, 0.5) is 5.69 Å². The van der Waals surface area contributed by atoms with Gasteiger partial charge in [-0.25, -0.2) is 0 Å². The molecule has 2 aromatic rings. The second-order valence-electron chi connectivity index (χ2n) is 7.47. The van der Waals surface area contributed by atoms with Gasteiger partial charge in [-0.3, -0.25) is 9.59 Å². The van der Waals surface area contributed by atoms with Crippen LogP contribution in [0.25, 0.3) is 0 Å². The van der Waals surface area contributed by atoms with E-state index in [-0.39, 0.29) is 17.7 Å². The van der Waals surface area contributed by atoms with Crippen LogP contribution in [0.2, 0.25) is 0 Å². The van der Waals surface area contributed by atoms with Crippen LogP contribution in [0.5, 0.6) is 0 Å². The van der Waals surface area contributed by atoms with Gasteiger partial charge in [0.15, 0.2) is 0 Å². The number of anilines is 1. The van der Waals surface area contributed by atoms with Gasteiger partial charge in [-0.2, -0.15) is 0 Å². The second-order valence-corrected chi connectivity index (χ2v) is 7.47. The summed E-state index contributed by atoms with van der Waals surface area (Å²) in [5.41, 5.74) is 2.42. The van der Waals surface area contributed by atoms with E-state index in [0.717, 1.165) is 24.2 Å². The van der Waals surface area contributed by atoms with E-state index in [0.29, 0.717) is 18.7 Å². The van der Waals surface area contributed by atoms with E-state index in [1.165, 1.54) is 0 Å². The van der Waals surface area contributed by atoms with Crippen LogP contribution in [-0.4, -0.2) is 56.8 Å². The van der Waals surface area contributed by atoms with Crippen LogP contribution in [-0.2, 0) is 4.79 Å². The number of nitrogens with one attached hydrogen (secondary N) is 1. The maximum absolute atomic E-state index is 13.1. The molecule has 0 saturated carbocycles. The molecule has 2 aromatic carbocycles. The lowest BCUT2D eigenvalue weighted by atomic mass is 9.96. The summed E-state index contributed by atoms with van der Waals surface area (Å²) in [6.07, 6.45) is 0. The highest BCUT2D eigenvalue weighted by molar-refractivity contribution is 6.32. The molecule has 1 aliphatic heterocycles. The first kappa shape index (κ1) is 20.0. The Morgan fingerprint density at radius 1 is 0.929 bits per heavy atom. The average Bonchev–Trinajstić information content (AvgIpc) is 2.72. The van der Waals surface area contributed by atoms with E-state index in [9.17, 15) is 9.59 Å². The Kier molecular flexibility index (Phi) is 6.39. The highest BCUT2D eigenvalue weighted by Gasteiger charge is 2.31. The van der Waals surface area contributed by atoms with Crippen molar-refractivity contribution in [1.29, 1.82) is 0 Å². The molecule has 2 amide bonds. The maximum atomic E-state index is 13.1. The fourth-order valence-corrected chi connectivity index (χ4v) is 3.39. The number of carbonyl (C=O) groups is 2. The van der Waals surface area contributed by atoms with E-state index in [2.05, 4.69) is 10.2 Å². The standard InChI is InChI=1S/C22H26BN3O2/c1-16(2)20(24-21(27)17-6-4-3-5-7-17)22(28)26-14-12-25(13-15-26)19-10-8-18(23)9-11-19/h3-11,16,20H,12-15H2,1-2H3,(H,24,27). The summed E-state index contributed by atoms with van der Waals surface area (Å²) in [5, 5.41) is 2.92. The monoisotopic (exact) mass is 375 g/mol. The van der Waals surface area contributed by atoms with Crippen molar-refractivity contribution in [3.8, 4) is 0 Å². The largest absolute Gasteiger partial charge is 0.368 e. The minimum Gasteiger partial charge on any atom is -0.368 e. The van der Waals surface area contributed by atoms with Gasteiger partial charge in [0.1, 0.15) is 13.9 Å². The van der Waals surface area contributed by atoms with E-state index in [4.69, 9.17) is 7.85 Å². The van der Waals surface area contributed by atoms with Crippen molar-refractivity contribution in [2.45, 2.75) is 19.9 Å². The molecule has 0 aromatic heterocycles. The SMILES string of the molecule is [B]c1ccc(N2CCN(C(=O)C(NC(=O)c3ccccc3)C(C)C)CC2)cc1. The summed E-state index contributed by atoms with van der Waals surface area (Å²) in [6, 6.07) is 16.3. The molecule has 28 heavy (non-hydrogen) atoms. The van der Waals surface area contributed by atoms with Crippen molar-refractivity contribution in [3.63, 3.8) is 0 Å². The van der Waals surface area contributed by atoms with Crippen LogP contribution in [0.15, 0.2) is 54.6 Å². The predicted molar refractivity (Wildman–Crippen MR) is 113 cm³/mol. The smallest absolute Gasteiger partial charge is 0.251 e. The number of rotatable bonds is 5. The highest BCUT2D eigenvalue weighted by Crippen LogP contribution is 2.16. The molecule has 1 saturated heterocycles. The minimum atomic E-state index is -0.532. The van der Waals surface area contributed by atoms with Gasteiger partial charge < -0.3 is 15.1 Å². The van der Waals surface area contributed by atoms with E-state index < -0.39 is 6.04 Å². The molecule has 3 rings (SSSR count). The number of piperazine rings is 1. The van der Waals surface area contributed by atoms with Crippen LogP contribution in [0.1, 0.15) is 24.2 Å². The normalized spacial score (nSPS) is 15.4. The molecule has 1 atom stereocenters. The Hall–Kier alpha value is -2.76. The number of hydrogen-bond donors (Lipinski definition) is 1. The van der Waals surface area contributed by atoms with Gasteiger partial charge in [-0.15, -0.1) is 0 Å². The minimum absolute atomic E-state index is 0.00953. The number of benzene rings is 2. The van der Waals surface area contributed by atoms with Crippen molar-refractivity contribution < 1.29 is 9.59 Å². The molecule has 5 nitrogen and oxygen atoms in total. The zero-order valence-corrected chi connectivity index (χ0v) is 16.5. The van der Waals surface area contributed by atoms with Crippen molar-refractivity contribution >= 4 is 30.8 Å². The summed E-state index contributed by atoms with van der Waals surface area (Å²) in [4.78, 5) is 29.7. The third-order valence-electron chi connectivity index (χ3n) is 5.10. The Morgan fingerprint density at radius 2 is 1.54 bits per heavy atom. The molecule has 0 bridgehead atoms. The molecule has 6 heteroatoms. The van der Waals surface area contributed by atoms with E-state index in [1.807, 2.05) is 61.2 Å². The average molecular weight is 375 g/mol. The van der Waals surface area contributed by atoms with Crippen LogP contribution < -0.4 is 15.7 Å². The van der Waals surface area contributed by atoms with Crippen LogP contribution >= 0.6 is 0 Å². The molecule has 144 valence electrons. The number of amides is 2. The fraction of sp³-hybridized carbons (Fsp3) is 0.364. The third kappa shape index (κ3) is 4.74. The van der Waals surface area contributed by atoms with Gasteiger partial charge in [0, 0.05) is 37.4 Å². The Balaban J connectivity index is 1.61. The van der Waals surface area contributed by atoms with Gasteiger partial charge in [-0.1, -0.05) is 49.6 Å². The third-order valence-corrected chi connectivity index (χ3v) is 5.10. The topological polar surface area (TPSA) is 52.6 Å². The van der Waals surface area contributed by atoms with Gasteiger partial charge in [0.25, 0.3) is 5.91 Å². The first-order chi connectivity index (χ1) is 13.5. The van der Waals surface area contributed by atoms with Crippen LogP contribution in [0.3, 0.4) is 0 Å². The molecule has 2 radical (unpaired) electrons. The van der Waals surface area contributed by atoms with Crippen molar-refractivity contribution in [2.24, 2.45) is 5.92 Å². The molecular formula is C22H26BN3O2. The lowest BCUT2D eigenvalue weighted by Crippen LogP contribution is -2.56. The van der Waals surface area contributed by atoms with Gasteiger partial charge in [0.05, 0.1) is 0 Å². The predicted octanol–water partition coefficient (Wildman–Crippen LogP) is 1.58. The summed E-state index contributed by atoms with van der Waals surface area (Å²) in [7, 11) is 5.76. The van der Waals surface area contributed by atoms with Gasteiger partial charge in [0.2, 0.25) is 5.91 Å². The molecule has 0 spiro atoms. The summed E-state index contributed by atoms with van der Waals surface area (Å²) in [6.45, 7) is 6.69. The van der Waals surface area contributed by atoms with Gasteiger partial charge in [-0.05, 0) is 30.2 Å². The Bertz CT molecular complexity index is 800. The molecular weight excluding hydrogens is 349 g/mol. The molecule has 1 heterocycles. The summed E-state index contributed by atoms with van der Waals surface area (Å²) >= 11 is 0. The first-order valence-electron chi connectivity index (χ1n) is 9.71. The lowest BCUT2D eigenvalue weighted by Gasteiger charge is -2.38. The summed E-state index contributed by atoms with van der Waals surface area (Å²) in [5.74, 6) is -0.223. The van der Waals surface area contributed by atoms with Crippen molar-refractivity contribution in [3.05, 3.63) is 60.2 Å². The fourth-order valence-electron chi connectivity index (χ4n) is 3.39. The Morgan fingerprint density at radius 3 is 2.11 bits per heavy atom. The number of carbonyl (C=O) groups excluding carboxylic acids is 2. The van der Waals surface area contributed by atoms with E-state index >= 15 is 0 Å². The second kappa shape index (κ2) is 8.96. The zero-order valence-electron chi connectivity index (χ0n) is 16.5. The molecule has 1 aliphatic rings. The van der Waals surface area contributed by atoms with Gasteiger partial charge >= 0.3 is 0 Å². The number of nitrogens with zero attached hydrogens (tertiary/aromatic N) is 2. The zero-order chi connectivity index (χ0) is 20.1. The maximum Gasteiger partial charge on any atom is 0.251 e. The lowest BCUT2D eigenvalue weighted by molar-refractivity contribution is -0.134. The highest BCUT2D eigenvalue weighted by atomic mass is 16.2. The van der Waals surface area contributed by atoms with E-state index in [1.54, 1.807) is 12.1 Å². The quantitative estimate of drug-likeness (QED) is 0.808. The number of hydrogen-bond acceptors (Lipinski definition) is 3. The van der Waals surface area contributed by atoms with Crippen molar-refractivity contribution in [2.75, 3.05) is 31.1 Å².